The lowest BCUT2D eigenvalue weighted by atomic mass is 9.72. The molecule has 1 aliphatic heterocycles. The summed E-state index contributed by atoms with van der Waals surface area (Å²) >= 11 is 0. The summed E-state index contributed by atoms with van der Waals surface area (Å²) in [7, 11) is 2.04. The highest BCUT2D eigenvalue weighted by molar-refractivity contribution is 5.71. The van der Waals surface area contributed by atoms with Crippen LogP contribution in [0, 0.1) is 11.3 Å². The number of nitriles is 1. The van der Waals surface area contributed by atoms with E-state index in [2.05, 4.69) is 59.5 Å². The lowest BCUT2D eigenvalue weighted by molar-refractivity contribution is 0.483. The molecule has 1 aliphatic carbocycles. The molecule has 2 nitrogen and oxygen atoms in total. The van der Waals surface area contributed by atoms with Gasteiger partial charge in [0, 0.05) is 12.7 Å². The molecule has 1 heterocycles. The summed E-state index contributed by atoms with van der Waals surface area (Å²) in [5, 5.41) is 9.77. The molecule has 0 saturated carbocycles. The molecule has 1 spiro atoms. The summed E-state index contributed by atoms with van der Waals surface area (Å²) < 4.78 is 0. The van der Waals surface area contributed by atoms with E-state index in [0.717, 1.165) is 12.8 Å². The summed E-state index contributed by atoms with van der Waals surface area (Å²) in [6, 6.07) is 19.6. The van der Waals surface area contributed by atoms with Gasteiger partial charge in [0.15, 0.2) is 0 Å². The fourth-order valence-corrected chi connectivity index (χ4v) is 4.18. The van der Waals surface area contributed by atoms with Gasteiger partial charge < -0.3 is 4.90 Å². The van der Waals surface area contributed by atoms with Gasteiger partial charge in [0.05, 0.1) is 11.5 Å². The molecule has 0 unspecified atom stereocenters. The number of aryl methyl sites for hydroxylation is 1. The number of benzene rings is 2. The zero-order chi connectivity index (χ0) is 13.7. The Labute approximate surface area is 119 Å². The molecule has 2 aromatic rings. The maximum absolute atomic E-state index is 9.77. The maximum atomic E-state index is 9.77. The van der Waals surface area contributed by atoms with E-state index in [1.165, 1.54) is 22.4 Å². The fourth-order valence-electron chi connectivity index (χ4n) is 4.18. The van der Waals surface area contributed by atoms with Gasteiger partial charge in [-0.1, -0.05) is 42.5 Å². The van der Waals surface area contributed by atoms with Gasteiger partial charge >= 0.3 is 0 Å². The highest BCUT2D eigenvalue weighted by Crippen LogP contribution is 2.55. The Balaban J connectivity index is 2.05. The molecule has 2 atom stereocenters. The molecular weight excluding hydrogens is 244 g/mol. The Morgan fingerprint density at radius 2 is 1.80 bits per heavy atom. The van der Waals surface area contributed by atoms with E-state index in [-0.39, 0.29) is 11.5 Å². The molecule has 0 amide bonds. The molecule has 0 aromatic heterocycles. The fraction of sp³-hybridized carbons (Fsp3) is 0.278. The molecular formula is C18H16N2. The van der Waals surface area contributed by atoms with Crippen molar-refractivity contribution < 1.29 is 0 Å². The van der Waals surface area contributed by atoms with Gasteiger partial charge in [0.25, 0.3) is 0 Å². The molecule has 2 heteroatoms. The third-order valence-electron chi connectivity index (χ3n) is 5.03. The molecule has 20 heavy (non-hydrogen) atoms. The predicted molar refractivity (Wildman–Crippen MR) is 79.8 cm³/mol. The second-order valence-corrected chi connectivity index (χ2v) is 5.79. The van der Waals surface area contributed by atoms with Crippen LogP contribution in [0.2, 0.25) is 0 Å². The number of fused-ring (bicyclic) bond motifs is 4. The van der Waals surface area contributed by atoms with Crippen LogP contribution < -0.4 is 4.90 Å². The number of rotatable bonds is 0. The monoisotopic (exact) mass is 260 g/mol. The highest BCUT2D eigenvalue weighted by atomic mass is 15.2. The third-order valence-corrected chi connectivity index (χ3v) is 5.03. The Morgan fingerprint density at radius 1 is 1.10 bits per heavy atom. The molecule has 0 saturated heterocycles. The molecule has 98 valence electrons. The summed E-state index contributed by atoms with van der Waals surface area (Å²) in [5.41, 5.74) is 5.13. The van der Waals surface area contributed by atoms with Crippen LogP contribution in [0.1, 0.15) is 23.1 Å². The smallest absolute Gasteiger partial charge is 0.130 e. The first kappa shape index (κ1) is 11.5. The summed E-state index contributed by atoms with van der Waals surface area (Å²) in [6.45, 7) is 0. The van der Waals surface area contributed by atoms with Crippen molar-refractivity contribution in [1.82, 2.24) is 0 Å². The van der Waals surface area contributed by atoms with Crippen LogP contribution in [0.5, 0.6) is 0 Å². The lowest BCUT2D eigenvalue weighted by Crippen LogP contribution is -2.41. The zero-order valence-electron chi connectivity index (χ0n) is 11.5. The van der Waals surface area contributed by atoms with Gasteiger partial charge in [-0.3, -0.25) is 0 Å². The number of para-hydroxylation sites is 1. The number of hydrogen-bond acceptors (Lipinski definition) is 2. The average molecular weight is 260 g/mol. The molecule has 2 aromatic carbocycles. The number of likely N-dealkylation sites (N-methyl/N-ethyl adjacent to an activating group) is 1. The molecule has 2 aliphatic rings. The van der Waals surface area contributed by atoms with Crippen molar-refractivity contribution in [1.29, 1.82) is 5.26 Å². The van der Waals surface area contributed by atoms with Crippen LogP contribution in [0.3, 0.4) is 0 Å². The molecule has 0 fully saturated rings. The third kappa shape index (κ3) is 1.18. The summed E-state index contributed by atoms with van der Waals surface area (Å²) in [6.07, 6.45) is 2.10. The van der Waals surface area contributed by atoms with Crippen molar-refractivity contribution in [2.45, 2.75) is 24.3 Å². The Hall–Kier alpha value is -2.27. The first-order valence-corrected chi connectivity index (χ1v) is 7.09. The van der Waals surface area contributed by atoms with Gasteiger partial charge in [-0.05, 0) is 35.6 Å². The minimum Gasteiger partial charge on any atom is -0.358 e. The van der Waals surface area contributed by atoms with Crippen LogP contribution in [-0.2, 0) is 11.8 Å². The highest BCUT2D eigenvalue weighted by Gasteiger charge is 2.54. The first-order chi connectivity index (χ1) is 9.79. The largest absolute Gasteiger partial charge is 0.358 e. The number of anilines is 1. The van der Waals surface area contributed by atoms with Crippen LogP contribution >= 0.6 is 0 Å². The molecule has 0 N–H and O–H groups in total. The van der Waals surface area contributed by atoms with Crippen LogP contribution in [0.25, 0.3) is 0 Å². The minimum absolute atomic E-state index is 0.108. The SMILES string of the molecule is CN1c2ccccc2[C@@]2(CCc3ccccc32)[C@H]1C#N. The Morgan fingerprint density at radius 3 is 2.60 bits per heavy atom. The van der Waals surface area contributed by atoms with Crippen molar-refractivity contribution in [2.24, 2.45) is 0 Å². The van der Waals surface area contributed by atoms with E-state index in [0.29, 0.717) is 0 Å². The van der Waals surface area contributed by atoms with E-state index in [1.54, 1.807) is 0 Å². The van der Waals surface area contributed by atoms with Crippen molar-refractivity contribution in [3.63, 3.8) is 0 Å². The van der Waals surface area contributed by atoms with Crippen molar-refractivity contribution in [3.05, 3.63) is 65.2 Å². The quantitative estimate of drug-likeness (QED) is 0.727. The second kappa shape index (κ2) is 3.86. The van der Waals surface area contributed by atoms with E-state index in [1.807, 2.05) is 7.05 Å². The van der Waals surface area contributed by atoms with Gasteiger partial charge in [0.1, 0.15) is 6.04 Å². The Bertz CT molecular complexity index is 728. The van der Waals surface area contributed by atoms with E-state index >= 15 is 0 Å². The number of hydrogen-bond donors (Lipinski definition) is 0. The number of nitrogens with zero attached hydrogens (tertiary/aromatic N) is 2. The van der Waals surface area contributed by atoms with E-state index in [9.17, 15) is 5.26 Å². The summed E-state index contributed by atoms with van der Waals surface area (Å²) in [5.74, 6) is 0. The molecule has 0 bridgehead atoms. The van der Waals surface area contributed by atoms with Gasteiger partial charge in [-0.25, -0.2) is 0 Å². The lowest BCUT2D eigenvalue weighted by Gasteiger charge is -2.31. The van der Waals surface area contributed by atoms with E-state index in [4.69, 9.17) is 0 Å². The van der Waals surface area contributed by atoms with Crippen molar-refractivity contribution >= 4 is 5.69 Å². The maximum Gasteiger partial charge on any atom is 0.130 e. The van der Waals surface area contributed by atoms with Crippen molar-refractivity contribution in [3.8, 4) is 6.07 Å². The van der Waals surface area contributed by atoms with Gasteiger partial charge in [0.2, 0.25) is 0 Å². The minimum atomic E-state index is -0.142. The normalized spacial score (nSPS) is 26.4. The molecule has 4 rings (SSSR count). The second-order valence-electron chi connectivity index (χ2n) is 5.79. The Kier molecular flexibility index (Phi) is 2.23. The van der Waals surface area contributed by atoms with Crippen LogP contribution in [-0.4, -0.2) is 13.1 Å². The average Bonchev–Trinajstić information content (AvgIpc) is 2.99. The van der Waals surface area contributed by atoms with E-state index < -0.39 is 0 Å². The zero-order valence-corrected chi connectivity index (χ0v) is 11.5. The van der Waals surface area contributed by atoms with Crippen molar-refractivity contribution in [2.75, 3.05) is 11.9 Å². The topological polar surface area (TPSA) is 27.0 Å². The predicted octanol–water partition coefficient (Wildman–Crippen LogP) is 3.26. The van der Waals surface area contributed by atoms with Gasteiger partial charge in [-0.15, -0.1) is 0 Å². The van der Waals surface area contributed by atoms with Crippen LogP contribution in [0.4, 0.5) is 5.69 Å². The van der Waals surface area contributed by atoms with Gasteiger partial charge in [-0.2, -0.15) is 5.26 Å². The summed E-state index contributed by atoms with van der Waals surface area (Å²) in [4.78, 5) is 2.15. The first-order valence-electron chi connectivity index (χ1n) is 7.09. The molecule has 0 radical (unpaired) electrons. The standard InChI is InChI=1S/C18H16N2/c1-20-16-9-5-4-8-15(16)18(17(20)12-19)11-10-13-6-2-3-7-14(13)18/h2-9,17H,10-11H2,1H3/t17-,18+/m1/s1. The van der Waals surface area contributed by atoms with Crippen LogP contribution in [0.15, 0.2) is 48.5 Å².